The van der Waals surface area contributed by atoms with Crippen molar-refractivity contribution >= 4 is 16.9 Å². The number of amides is 1. The fourth-order valence-corrected chi connectivity index (χ4v) is 3.72. The number of pyridine rings is 1. The monoisotopic (exact) mass is 394 g/mol. The fraction of sp³-hybridized carbons (Fsp3) is 0.409. The number of benzene rings is 1. The topological polar surface area (TPSA) is 78.3 Å². The molecule has 1 aliphatic heterocycles. The Balaban J connectivity index is 1.67. The van der Waals surface area contributed by atoms with E-state index in [1.807, 2.05) is 56.6 Å². The molecule has 0 spiro atoms. The van der Waals surface area contributed by atoms with Crippen molar-refractivity contribution in [2.45, 2.75) is 46.2 Å². The zero-order chi connectivity index (χ0) is 20.5. The van der Waals surface area contributed by atoms with Crippen molar-refractivity contribution in [1.29, 1.82) is 0 Å². The Morgan fingerprint density at radius 2 is 2.21 bits per heavy atom. The first-order chi connectivity index (χ1) is 14.0. The SMILES string of the molecule is CCOc1ccc2c(c1)C(NC(=O)c1cc(C)nc3c1cnn3C(C)C)CCO2. The molecule has 152 valence electrons. The van der Waals surface area contributed by atoms with Crippen LogP contribution in [0, 0.1) is 6.92 Å². The predicted molar refractivity (Wildman–Crippen MR) is 111 cm³/mol. The van der Waals surface area contributed by atoms with Crippen LogP contribution in [-0.2, 0) is 0 Å². The average Bonchev–Trinajstić information content (AvgIpc) is 3.12. The first-order valence-electron chi connectivity index (χ1n) is 10.0. The van der Waals surface area contributed by atoms with Gasteiger partial charge in [0, 0.05) is 23.7 Å². The molecular weight excluding hydrogens is 368 g/mol. The molecule has 1 aromatic carbocycles. The fourth-order valence-electron chi connectivity index (χ4n) is 3.72. The summed E-state index contributed by atoms with van der Waals surface area (Å²) in [4.78, 5) is 17.8. The lowest BCUT2D eigenvalue weighted by Gasteiger charge is -2.27. The Bertz CT molecular complexity index is 1060. The molecule has 1 amide bonds. The van der Waals surface area contributed by atoms with Gasteiger partial charge in [-0.2, -0.15) is 5.10 Å². The van der Waals surface area contributed by atoms with Crippen LogP contribution in [0.15, 0.2) is 30.5 Å². The summed E-state index contributed by atoms with van der Waals surface area (Å²) < 4.78 is 13.2. The van der Waals surface area contributed by atoms with Crippen LogP contribution < -0.4 is 14.8 Å². The van der Waals surface area contributed by atoms with E-state index >= 15 is 0 Å². The lowest BCUT2D eigenvalue weighted by Crippen LogP contribution is -2.32. The van der Waals surface area contributed by atoms with Crippen molar-refractivity contribution in [3.05, 3.63) is 47.3 Å². The summed E-state index contributed by atoms with van der Waals surface area (Å²) in [5.41, 5.74) is 3.05. The third-order valence-electron chi connectivity index (χ3n) is 5.07. The van der Waals surface area contributed by atoms with E-state index in [1.165, 1.54) is 0 Å². The summed E-state index contributed by atoms with van der Waals surface area (Å²) in [6, 6.07) is 7.59. The molecule has 29 heavy (non-hydrogen) atoms. The van der Waals surface area contributed by atoms with E-state index in [0.29, 0.717) is 25.2 Å². The Kier molecular flexibility index (Phi) is 5.13. The number of aromatic nitrogens is 3. The highest BCUT2D eigenvalue weighted by Crippen LogP contribution is 2.35. The van der Waals surface area contributed by atoms with Crippen LogP contribution in [0.25, 0.3) is 11.0 Å². The van der Waals surface area contributed by atoms with E-state index in [-0.39, 0.29) is 18.0 Å². The van der Waals surface area contributed by atoms with E-state index in [9.17, 15) is 4.79 Å². The smallest absolute Gasteiger partial charge is 0.252 e. The van der Waals surface area contributed by atoms with Crippen LogP contribution in [0.2, 0.25) is 0 Å². The van der Waals surface area contributed by atoms with Crippen molar-refractivity contribution in [2.24, 2.45) is 0 Å². The lowest BCUT2D eigenvalue weighted by molar-refractivity contribution is 0.0926. The number of nitrogens with zero attached hydrogens (tertiary/aromatic N) is 3. The molecule has 0 saturated heterocycles. The summed E-state index contributed by atoms with van der Waals surface area (Å²) >= 11 is 0. The third kappa shape index (κ3) is 3.64. The van der Waals surface area contributed by atoms with Crippen LogP contribution in [-0.4, -0.2) is 33.9 Å². The first kappa shape index (κ1) is 19.2. The van der Waals surface area contributed by atoms with Gasteiger partial charge in [-0.05, 0) is 52.0 Å². The maximum absolute atomic E-state index is 13.2. The summed E-state index contributed by atoms with van der Waals surface area (Å²) in [6.45, 7) is 9.08. The molecule has 4 rings (SSSR count). The maximum Gasteiger partial charge on any atom is 0.252 e. The number of carbonyl (C=O) groups excluding carboxylic acids is 1. The molecule has 7 nitrogen and oxygen atoms in total. The molecule has 3 aromatic rings. The molecule has 1 atom stereocenters. The minimum atomic E-state index is -0.143. The molecule has 1 aliphatic rings. The maximum atomic E-state index is 13.2. The molecule has 1 unspecified atom stereocenters. The highest BCUT2D eigenvalue weighted by atomic mass is 16.5. The highest BCUT2D eigenvalue weighted by molar-refractivity contribution is 6.05. The summed E-state index contributed by atoms with van der Waals surface area (Å²) in [5, 5.41) is 8.37. The van der Waals surface area contributed by atoms with Crippen molar-refractivity contribution in [2.75, 3.05) is 13.2 Å². The lowest BCUT2D eigenvalue weighted by atomic mass is 9.99. The van der Waals surface area contributed by atoms with Crippen molar-refractivity contribution < 1.29 is 14.3 Å². The second-order valence-electron chi connectivity index (χ2n) is 7.53. The standard InChI is InChI=1S/C22H26N4O3/c1-5-28-15-6-7-20-17(11-15)19(8-9-29-20)25-22(27)16-10-14(4)24-21-18(16)12-23-26(21)13(2)3/h6-7,10-13,19H,5,8-9H2,1-4H3,(H,25,27). The Labute approximate surface area is 170 Å². The average molecular weight is 394 g/mol. The van der Waals surface area contributed by atoms with Gasteiger partial charge in [0.1, 0.15) is 11.5 Å². The molecular formula is C22H26N4O3. The van der Waals surface area contributed by atoms with Crippen molar-refractivity contribution in [3.63, 3.8) is 0 Å². The van der Waals surface area contributed by atoms with Crippen LogP contribution in [0.4, 0.5) is 0 Å². The molecule has 0 bridgehead atoms. The quantitative estimate of drug-likeness (QED) is 0.708. The van der Waals surface area contributed by atoms with E-state index in [2.05, 4.69) is 15.4 Å². The highest BCUT2D eigenvalue weighted by Gasteiger charge is 2.26. The van der Waals surface area contributed by atoms with Gasteiger partial charge in [-0.1, -0.05) is 0 Å². The normalized spacial score (nSPS) is 15.8. The molecule has 7 heteroatoms. The zero-order valence-corrected chi connectivity index (χ0v) is 17.2. The number of hydrogen-bond acceptors (Lipinski definition) is 5. The number of rotatable bonds is 5. The van der Waals surface area contributed by atoms with E-state index in [1.54, 1.807) is 6.20 Å². The largest absolute Gasteiger partial charge is 0.494 e. The minimum Gasteiger partial charge on any atom is -0.494 e. The number of hydrogen-bond donors (Lipinski definition) is 1. The second kappa shape index (κ2) is 7.73. The molecule has 0 fully saturated rings. The molecule has 1 N–H and O–H groups in total. The molecule has 0 radical (unpaired) electrons. The van der Waals surface area contributed by atoms with Gasteiger partial charge < -0.3 is 14.8 Å². The number of aryl methyl sites for hydroxylation is 1. The predicted octanol–water partition coefficient (Wildman–Crippen LogP) is 3.97. The Morgan fingerprint density at radius 1 is 1.38 bits per heavy atom. The van der Waals surface area contributed by atoms with E-state index in [0.717, 1.165) is 33.8 Å². The zero-order valence-electron chi connectivity index (χ0n) is 17.2. The Hall–Kier alpha value is -3.09. The third-order valence-corrected chi connectivity index (χ3v) is 5.07. The second-order valence-corrected chi connectivity index (χ2v) is 7.53. The van der Waals surface area contributed by atoms with Gasteiger partial charge >= 0.3 is 0 Å². The van der Waals surface area contributed by atoms with Gasteiger partial charge in [0.05, 0.1) is 36.4 Å². The number of carbonyl (C=O) groups is 1. The van der Waals surface area contributed by atoms with Gasteiger partial charge in [0.25, 0.3) is 5.91 Å². The van der Waals surface area contributed by atoms with Gasteiger partial charge in [0.15, 0.2) is 5.65 Å². The van der Waals surface area contributed by atoms with E-state index < -0.39 is 0 Å². The van der Waals surface area contributed by atoms with Crippen LogP contribution in [0.1, 0.15) is 60.9 Å². The first-order valence-corrected chi connectivity index (χ1v) is 10.0. The van der Waals surface area contributed by atoms with Gasteiger partial charge in [-0.3, -0.25) is 4.79 Å². The summed E-state index contributed by atoms with van der Waals surface area (Å²) in [5.74, 6) is 1.42. The van der Waals surface area contributed by atoms with Crippen molar-refractivity contribution in [3.8, 4) is 11.5 Å². The molecule has 0 saturated carbocycles. The van der Waals surface area contributed by atoms with Crippen LogP contribution in [0.3, 0.4) is 0 Å². The summed E-state index contributed by atoms with van der Waals surface area (Å²) in [7, 11) is 0. The van der Waals surface area contributed by atoms with E-state index in [4.69, 9.17) is 9.47 Å². The molecule has 0 aliphatic carbocycles. The van der Waals surface area contributed by atoms with Gasteiger partial charge in [-0.15, -0.1) is 0 Å². The van der Waals surface area contributed by atoms with Crippen LogP contribution >= 0.6 is 0 Å². The summed E-state index contributed by atoms with van der Waals surface area (Å²) in [6.07, 6.45) is 2.43. The van der Waals surface area contributed by atoms with Crippen molar-refractivity contribution in [1.82, 2.24) is 20.1 Å². The minimum absolute atomic E-state index is 0.136. The Morgan fingerprint density at radius 3 is 2.97 bits per heavy atom. The number of fused-ring (bicyclic) bond motifs is 2. The molecule has 3 heterocycles. The number of nitrogens with one attached hydrogen (secondary N) is 1. The molecule has 2 aromatic heterocycles. The van der Waals surface area contributed by atoms with Crippen LogP contribution in [0.5, 0.6) is 11.5 Å². The van der Waals surface area contributed by atoms with Gasteiger partial charge in [0.2, 0.25) is 0 Å². The van der Waals surface area contributed by atoms with Gasteiger partial charge in [-0.25, -0.2) is 9.67 Å². The number of ether oxygens (including phenoxy) is 2.